The van der Waals surface area contributed by atoms with Crippen LogP contribution in [-0.4, -0.2) is 0 Å². The number of rotatable bonds is 1. The monoisotopic (exact) mass is 192 g/mol. The summed E-state index contributed by atoms with van der Waals surface area (Å²) < 4.78 is 50.9. The summed E-state index contributed by atoms with van der Waals surface area (Å²) >= 11 is 0. The second-order valence-electron chi connectivity index (χ2n) is 3.04. The molecule has 0 radical (unpaired) electrons. The highest BCUT2D eigenvalue weighted by Gasteiger charge is 2.20. The van der Waals surface area contributed by atoms with E-state index in [4.69, 9.17) is 0 Å². The highest BCUT2D eigenvalue weighted by molar-refractivity contribution is 5.24. The van der Waals surface area contributed by atoms with E-state index >= 15 is 0 Å². The van der Waals surface area contributed by atoms with E-state index in [1.54, 1.807) is 0 Å². The van der Waals surface area contributed by atoms with Crippen molar-refractivity contribution in [2.24, 2.45) is 0 Å². The largest absolute Gasteiger partial charge is 0.206 e. The molecular formula is C9H8F4. The third-order valence-corrected chi connectivity index (χ3v) is 1.73. The third-order valence-electron chi connectivity index (χ3n) is 1.73. The molecule has 72 valence electrons. The Labute approximate surface area is 73.2 Å². The summed E-state index contributed by atoms with van der Waals surface area (Å²) in [7, 11) is 0. The van der Waals surface area contributed by atoms with Crippen molar-refractivity contribution in [3.63, 3.8) is 0 Å². The molecule has 0 aliphatic heterocycles. The van der Waals surface area contributed by atoms with Crippen LogP contribution in [0.2, 0.25) is 0 Å². The lowest BCUT2D eigenvalue weighted by Crippen LogP contribution is -2.03. The van der Waals surface area contributed by atoms with E-state index in [0.29, 0.717) is 6.07 Å². The van der Waals surface area contributed by atoms with Gasteiger partial charge in [-0.25, -0.2) is 17.6 Å². The van der Waals surface area contributed by atoms with Crippen LogP contribution in [0, 0.1) is 23.3 Å². The molecule has 0 N–H and O–H groups in total. The summed E-state index contributed by atoms with van der Waals surface area (Å²) in [4.78, 5) is 0. The predicted molar refractivity (Wildman–Crippen MR) is 40.4 cm³/mol. The quantitative estimate of drug-likeness (QED) is 0.363. The molecule has 0 aliphatic rings. The SMILES string of the molecule is CC(C)c1c(F)cc(F)c(F)c1F. The summed E-state index contributed by atoms with van der Waals surface area (Å²) in [6.45, 7) is 3.00. The molecule has 1 rings (SSSR count). The molecule has 0 fully saturated rings. The van der Waals surface area contributed by atoms with E-state index in [2.05, 4.69) is 0 Å². The van der Waals surface area contributed by atoms with Crippen LogP contribution in [0.1, 0.15) is 25.3 Å². The predicted octanol–water partition coefficient (Wildman–Crippen LogP) is 3.37. The van der Waals surface area contributed by atoms with Gasteiger partial charge >= 0.3 is 0 Å². The van der Waals surface area contributed by atoms with Gasteiger partial charge in [-0.15, -0.1) is 0 Å². The van der Waals surface area contributed by atoms with Crippen molar-refractivity contribution < 1.29 is 17.6 Å². The van der Waals surface area contributed by atoms with Crippen molar-refractivity contribution in [1.82, 2.24) is 0 Å². The molecule has 0 amide bonds. The normalized spacial score (nSPS) is 11.0. The van der Waals surface area contributed by atoms with E-state index in [1.165, 1.54) is 13.8 Å². The third kappa shape index (κ3) is 1.66. The zero-order valence-corrected chi connectivity index (χ0v) is 7.17. The summed E-state index contributed by atoms with van der Waals surface area (Å²) in [5.74, 6) is -6.13. The number of hydrogen-bond acceptors (Lipinski definition) is 0. The topological polar surface area (TPSA) is 0 Å². The van der Waals surface area contributed by atoms with Crippen molar-refractivity contribution in [1.29, 1.82) is 0 Å². The molecule has 0 unspecified atom stereocenters. The highest BCUT2D eigenvalue weighted by atomic mass is 19.2. The molecule has 0 atom stereocenters. The van der Waals surface area contributed by atoms with Crippen LogP contribution < -0.4 is 0 Å². The van der Waals surface area contributed by atoms with Gasteiger partial charge in [-0.05, 0) is 5.92 Å². The van der Waals surface area contributed by atoms with E-state index in [0.717, 1.165) is 0 Å². The minimum absolute atomic E-state index is 0.355. The van der Waals surface area contributed by atoms with Crippen LogP contribution in [-0.2, 0) is 0 Å². The first-order chi connectivity index (χ1) is 5.95. The molecule has 4 heteroatoms. The van der Waals surface area contributed by atoms with Crippen molar-refractivity contribution in [3.05, 3.63) is 34.9 Å². The molecule has 1 aromatic rings. The van der Waals surface area contributed by atoms with Gasteiger partial charge in [-0.2, -0.15) is 0 Å². The Morgan fingerprint density at radius 3 is 1.92 bits per heavy atom. The van der Waals surface area contributed by atoms with Crippen LogP contribution >= 0.6 is 0 Å². The van der Waals surface area contributed by atoms with Crippen molar-refractivity contribution in [2.75, 3.05) is 0 Å². The van der Waals surface area contributed by atoms with Gasteiger partial charge < -0.3 is 0 Å². The lowest BCUT2D eigenvalue weighted by Gasteiger charge is -2.09. The second kappa shape index (κ2) is 3.36. The molecule has 1 aromatic carbocycles. The number of hydrogen-bond donors (Lipinski definition) is 0. The molecule has 13 heavy (non-hydrogen) atoms. The molecule has 0 aliphatic carbocycles. The molecule has 0 heterocycles. The van der Waals surface area contributed by atoms with Crippen LogP contribution in [0.3, 0.4) is 0 Å². The average Bonchev–Trinajstić information content (AvgIpc) is 1.99. The van der Waals surface area contributed by atoms with Gasteiger partial charge in [0.15, 0.2) is 17.5 Å². The minimum Gasteiger partial charge on any atom is -0.206 e. The molecule has 0 aromatic heterocycles. The molecule has 0 nitrogen and oxygen atoms in total. The van der Waals surface area contributed by atoms with E-state index < -0.39 is 34.8 Å². The van der Waals surface area contributed by atoms with Crippen molar-refractivity contribution in [3.8, 4) is 0 Å². The van der Waals surface area contributed by atoms with E-state index in [-0.39, 0.29) is 0 Å². The number of benzene rings is 1. The first kappa shape index (κ1) is 10.0. The average molecular weight is 192 g/mol. The number of halogens is 4. The van der Waals surface area contributed by atoms with Gasteiger partial charge in [0.1, 0.15) is 5.82 Å². The minimum atomic E-state index is -1.62. The van der Waals surface area contributed by atoms with Gasteiger partial charge in [0, 0.05) is 11.6 Å². The Morgan fingerprint density at radius 2 is 1.46 bits per heavy atom. The van der Waals surface area contributed by atoms with Crippen LogP contribution in [0.15, 0.2) is 6.07 Å². The highest BCUT2D eigenvalue weighted by Crippen LogP contribution is 2.25. The molecular weight excluding hydrogens is 184 g/mol. The smallest absolute Gasteiger partial charge is 0.194 e. The first-order valence-corrected chi connectivity index (χ1v) is 3.78. The molecule has 0 spiro atoms. The lowest BCUT2D eigenvalue weighted by molar-refractivity contribution is 0.420. The molecule has 0 saturated carbocycles. The summed E-state index contributed by atoms with van der Waals surface area (Å²) in [5.41, 5.74) is -0.418. The Kier molecular flexibility index (Phi) is 2.59. The Bertz CT molecular complexity index is 331. The Hall–Kier alpha value is -1.06. The maximum atomic E-state index is 12.9. The fourth-order valence-electron chi connectivity index (χ4n) is 1.11. The van der Waals surface area contributed by atoms with Crippen LogP contribution in [0.5, 0.6) is 0 Å². The fraction of sp³-hybridized carbons (Fsp3) is 0.333. The summed E-state index contributed by atoms with van der Waals surface area (Å²) in [6, 6.07) is 0.355. The molecule has 0 saturated heterocycles. The maximum Gasteiger partial charge on any atom is 0.194 e. The zero-order valence-electron chi connectivity index (χ0n) is 7.17. The van der Waals surface area contributed by atoms with E-state index in [1.807, 2.05) is 0 Å². The van der Waals surface area contributed by atoms with Gasteiger partial charge in [0.25, 0.3) is 0 Å². The first-order valence-electron chi connectivity index (χ1n) is 3.78. The fourth-order valence-corrected chi connectivity index (χ4v) is 1.11. The van der Waals surface area contributed by atoms with Crippen molar-refractivity contribution >= 4 is 0 Å². The summed E-state index contributed by atoms with van der Waals surface area (Å²) in [6.07, 6.45) is 0. The Balaban J connectivity index is 3.44. The maximum absolute atomic E-state index is 12.9. The summed E-state index contributed by atoms with van der Waals surface area (Å²) in [5, 5.41) is 0. The van der Waals surface area contributed by atoms with E-state index in [9.17, 15) is 17.6 Å². The van der Waals surface area contributed by atoms with Crippen LogP contribution in [0.25, 0.3) is 0 Å². The van der Waals surface area contributed by atoms with Gasteiger partial charge in [-0.3, -0.25) is 0 Å². The lowest BCUT2D eigenvalue weighted by atomic mass is 10.0. The standard InChI is InChI=1S/C9H8F4/c1-4(2)7-5(10)3-6(11)8(12)9(7)13/h3-4H,1-2H3. The van der Waals surface area contributed by atoms with Crippen molar-refractivity contribution in [2.45, 2.75) is 19.8 Å². The van der Waals surface area contributed by atoms with Crippen LogP contribution in [0.4, 0.5) is 17.6 Å². The Morgan fingerprint density at radius 1 is 0.923 bits per heavy atom. The van der Waals surface area contributed by atoms with Gasteiger partial charge in [-0.1, -0.05) is 13.8 Å². The zero-order chi connectivity index (χ0) is 10.2. The molecule has 0 bridgehead atoms. The second-order valence-corrected chi connectivity index (χ2v) is 3.04. The van der Waals surface area contributed by atoms with Gasteiger partial charge in [0.05, 0.1) is 0 Å². The van der Waals surface area contributed by atoms with Gasteiger partial charge in [0.2, 0.25) is 0 Å².